The van der Waals surface area contributed by atoms with Crippen molar-refractivity contribution in [3.8, 4) is 0 Å². The molecule has 6 heteroatoms. The molecule has 101 heavy (non-hydrogen) atoms. The van der Waals surface area contributed by atoms with Gasteiger partial charge in [-0.15, -0.1) is 0 Å². The molecule has 540 valence electrons. The standard InChI is InChI=1S/2C11H10.3C10H9N.C7H8.3C6H7N.9C2H6/c1-9-5-4-7-10-6-2-3-8-11(9)10;1-9-6-7-10-4-2-3-5-11(10)8-9;1-8-4-2-5-9-6-3-7-11-10(8)9;1-8-3-2-4-9-7-11-6-5-10(8)9;1-8-3-2-4-9-5-6-11-7-10(8)9;1-7-5-3-2-4-6-7;1-6-2-4-7-5-3-6;1-6-3-2-4-7-5-6;1-6-4-2-3-5-7-6;9*1-2/h2*2-8H,1H3;3*2-7H,1H3;2-6H,1H3;3*2-5H,1H3;9*1-2H3. The molecule has 0 aliphatic heterocycles. The molecule has 0 aliphatic rings. The third-order valence-corrected chi connectivity index (χ3v) is 13.0. The average Bonchev–Trinajstić information content (AvgIpc) is 0.896. The van der Waals surface area contributed by atoms with E-state index in [-0.39, 0.29) is 0 Å². The van der Waals surface area contributed by atoms with Gasteiger partial charge in [-0.3, -0.25) is 29.9 Å². The molecule has 0 aliphatic carbocycles. The second-order valence-corrected chi connectivity index (χ2v) is 19.8. The zero-order valence-electron chi connectivity index (χ0n) is 67.5. The number of pyridine rings is 6. The molecule has 14 aromatic rings. The number of rotatable bonds is 0. The molecule has 0 fully saturated rings. The van der Waals surface area contributed by atoms with Gasteiger partial charge in [0.25, 0.3) is 0 Å². The number of nitrogens with zero attached hydrogens (tertiary/aromatic N) is 6. The SMILES string of the molecule is CC.CC.CC.CC.CC.CC.CC.CC.CC.Cc1ccc2ccccc2c1.Cc1cccc2ccccc12.Cc1cccc2cccnc12.Cc1cccc2ccncc12.Cc1cccc2cnccc12.Cc1ccccc1.Cc1ccccn1.Cc1cccnc1.Cc1ccncc1. The Morgan fingerprint density at radius 2 is 0.584 bits per heavy atom. The van der Waals surface area contributed by atoms with E-state index < -0.39 is 0 Å². The Hall–Kier alpha value is -10.0. The molecule has 0 amide bonds. The van der Waals surface area contributed by atoms with Crippen LogP contribution in [0.25, 0.3) is 54.0 Å². The fraction of sp³-hybridized carbons (Fsp3) is 0.284. The molecule has 14 rings (SSSR count). The summed E-state index contributed by atoms with van der Waals surface area (Å²) in [6, 6.07) is 80.6. The van der Waals surface area contributed by atoms with Gasteiger partial charge in [0.15, 0.2) is 0 Å². The Kier molecular flexibility index (Phi) is 66.0. The molecule has 0 atom stereocenters. The van der Waals surface area contributed by atoms with Gasteiger partial charge in [-0.05, 0) is 177 Å². The van der Waals surface area contributed by atoms with Gasteiger partial charge in [0.2, 0.25) is 0 Å². The van der Waals surface area contributed by atoms with E-state index in [0.717, 1.165) is 11.2 Å². The maximum Gasteiger partial charge on any atom is 0.0731 e. The molecule has 0 saturated heterocycles. The van der Waals surface area contributed by atoms with Crippen LogP contribution >= 0.6 is 0 Å². The Morgan fingerprint density at radius 1 is 0.188 bits per heavy atom. The zero-order valence-corrected chi connectivity index (χ0v) is 67.5. The molecule has 6 heterocycles. The lowest BCUT2D eigenvalue weighted by Gasteiger charge is -1.98. The molecule has 0 spiro atoms. The first kappa shape index (κ1) is 97.3. The van der Waals surface area contributed by atoms with Crippen molar-refractivity contribution in [3.63, 3.8) is 0 Å². The second kappa shape index (κ2) is 68.5. The summed E-state index contributed by atoms with van der Waals surface area (Å²) in [6.45, 7) is 54.7. The van der Waals surface area contributed by atoms with Gasteiger partial charge in [-0.1, -0.05) is 324 Å². The molecule has 6 nitrogen and oxygen atoms in total. The number of hydrogen-bond acceptors (Lipinski definition) is 6. The molecule has 0 bridgehead atoms. The van der Waals surface area contributed by atoms with Gasteiger partial charge in [-0.2, -0.15) is 0 Å². The minimum absolute atomic E-state index is 1.07. The Bertz CT molecular complexity index is 3590. The van der Waals surface area contributed by atoms with E-state index in [9.17, 15) is 0 Å². The van der Waals surface area contributed by atoms with Crippen molar-refractivity contribution in [3.05, 3.63) is 349 Å². The Morgan fingerprint density at radius 3 is 1.03 bits per heavy atom. The molecule has 0 radical (unpaired) electrons. The van der Waals surface area contributed by atoms with Crippen molar-refractivity contribution in [1.29, 1.82) is 0 Å². The highest BCUT2D eigenvalue weighted by atomic mass is 14.7. The van der Waals surface area contributed by atoms with Crippen LogP contribution in [0, 0.1) is 62.3 Å². The van der Waals surface area contributed by atoms with E-state index in [0.29, 0.717) is 0 Å². The summed E-state index contributed by atoms with van der Waals surface area (Å²) >= 11 is 0. The lowest BCUT2D eigenvalue weighted by molar-refractivity contribution is 1.20. The maximum absolute atomic E-state index is 4.28. The summed E-state index contributed by atoms with van der Waals surface area (Å²) in [5, 5.41) is 11.6. The fourth-order valence-electron chi connectivity index (χ4n) is 8.36. The number of aryl methyl sites for hydroxylation is 9. The van der Waals surface area contributed by atoms with Gasteiger partial charge in [0.05, 0.1) is 5.52 Å². The highest BCUT2D eigenvalue weighted by molar-refractivity contribution is 5.87. The van der Waals surface area contributed by atoms with E-state index in [1.807, 2.05) is 261 Å². The molecule has 0 N–H and O–H groups in total. The third-order valence-electron chi connectivity index (χ3n) is 13.0. The molecular formula is C95H130N6. The van der Waals surface area contributed by atoms with Gasteiger partial charge >= 0.3 is 0 Å². The molecule has 0 saturated carbocycles. The number of para-hydroxylation sites is 1. The highest BCUT2D eigenvalue weighted by Crippen LogP contribution is 2.19. The van der Waals surface area contributed by atoms with Crippen molar-refractivity contribution in [2.75, 3.05) is 0 Å². The smallest absolute Gasteiger partial charge is 0.0731 e. The first-order chi connectivity index (χ1) is 49.4. The van der Waals surface area contributed by atoms with Crippen LogP contribution in [0.3, 0.4) is 0 Å². The van der Waals surface area contributed by atoms with Crippen LogP contribution in [-0.4, -0.2) is 29.9 Å². The molecule has 0 unspecified atom stereocenters. The van der Waals surface area contributed by atoms with Crippen LogP contribution in [0.5, 0.6) is 0 Å². The van der Waals surface area contributed by atoms with Crippen LogP contribution in [0.15, 0.2) is 299 Å². The van der Waals surface area contributed by atoms with Crippen LogP contribution < -0.4 is 0 Å². The van der Waals surface area contributed by atoms with E-state index in [4.69, 9.17) is 0 Å². The summed E-state index contributed by atoms with van der Waals surface area (Å²) in [7, 11) is 0. The second-order valence-electron chi connectivity index (χ2n) is 19.8. The van der Waals surface area contributed by atoms with E-state index >= 15 is 0 Å². The number of aromatic nitrogens is 6. The summed E-state index contributed by atoms with van der Waals surface area (Å²) < 4.78 is 0. The normalized spacial score (nSPS) is 8.54. The first-order valence-electron chi connectivity index (χ1n) is 36.9. The van der Waals surface area contributed by atoms with Gasteiger partial charge < -0.3 is 0 Å². The number of benzene rings is 8. The van der Waals surface area contributed by atoms with E-state index in [1.54, 1.807) is 24.8 Å². The van der Waals surface area contributed by atoms with Gasteiger partial charge in [0.1, 0.15) is 0 Å². The van der Waals surface area contributed by atoms with Crippen molar-refractivity contribution < 1.29 is 0 Å². The Labute approximate surface area is 616 Å². The minimum Gasteiger partial charge on any atom is -0.265 e. The lowest BCUT2D eigenvalue weighted by atomic mass is 10.1. The summed E-state index contributed by atoms with van der Waals surface area (Å²) in [6.07, 6.45) is 18.2. The topological polar surface area (TPSA) is 77.3 Å². The quantitative estimate of drug-likeness (QED) is 0.151. The van der Waals surface area contributed by atoms with E-state index in [1.165, 1.54) is 93.0 Å². The average molecular weight is 1360 g/mol. The van der Waals surface area contributed by atoms with Crippen LogP contribution in [0.1, 0.15) is 175 Å². The summed E-state index contributed by atoms with van der Waals surface area (Å²) in [5.74, 6) is 0. The summed E-state index contributed by atoms with van der Waals surface area (Å²) in [5.41, 5.74) is 12.5. The molecule has 8 aromatic carbocycles. The van der Waals surface area contributed by atoms with E-state index in [2.05, 4.69) is 229 Å². The monoisotopic (exact) mass is 1360 g/mol. The van der Waals surface area contributed by atoms with Crippen molar-refractivity contribution >= 4 is 54.0 Å². The lowest BCUT2D eigenvalue weighted by Crippen LogP contribution is -1.80. The summed E-state index contributed by atoms with van der Waals surface area (Å²) in [4.78, 5) is 24.1. The van der Waals surface area contributed by atoms with Crippen molar-refractivity contribution in [2.45, 2.75) is 187 Å². The van der Waals surface area contributed by atoms with Crippen molar-refractivity contribution in [1.82, 2.24) is 29.9 Å². The predicted molar refractivity (Wildman–Crippen MR) is 457 cm³/mol. The number of fused-ring (bicyclic) bond motifs is 5. The van der Waals surface area contributed by atoms with Crippen LogP contribution in [-0.2, 0) is 0 Å². The van der Waals surface area contributed by atoms with Gasteiger partial charge in [0, 0.05) is 83.8 Å². The van der Waals surface area contributed by atoms with Crippen LogP contribution in [0.4, 0.5) is 0 Å². The largest absolute Gasteiger partial charge is 0.265 e. The first-order valence-corrected chi connectivity index (χ1v) is 36.9. The fourth-order valence-corrected chi connectivity index (χ4v) is 8.36. The van der Waals surface area contributed by atoms with Crippen LogP contribution in [0.2, 0.25) is 0 Å². The van der Waals surface area contributed by atoms with Crippen molar-refractivity contribution in [2.24, 2.45) is 0 Å². The minimum atomic E-state index is 1.07. The third kappa shape index (κ3) is 43.9. The highest BCUT2D eigenvalue weighted by Gasteiger charge is 1.97. The maximum atomic E-state index is 4.28. The zero-order chi connectivity index (χ0) is 76.9. The Balaban J connectivity index is -0.000000512. The van der Waals surface area contributed by atoms with Gasteiger partial charge in [-0.25, -0.2) is 0 Å². The predicted octanol–water partition coefficient (Wildman–Crippen LogP) is 29.3. The molecule has 6 aromatic heterocycles. The molecular weight excluding hydrogens is 1230 g/mol. The number of hydrogen-bond donors (Lipinski definition) is 0.